The van der Waals surface area contributed by atoms with E-state index < -0.39 is 0 Å². The van der Waals surface area contributed by atoms with Crippen molar-refractivity contribution < 1.29 is 31.8 Å². The Hall–Kier alpha value is -1.13. The lowest BCUT2D eigenvalue weighted by Crippen LogP contribution is -3.00. The van der Waals surface area contributed by atoms with E-state index in [1.165, 1.54) is 16.5 Å². The zero-order valence-electron chi connectivity index (χ0n) is 10.3. The van der Waals surface area contributed by atoms with Gasteiger partial charge >= 0.3 is 0 Å². The normalized spacial score (nSPS) is 9.35. The lowest BCUT2D eigenvalue weighted by atomic mass is 10.1. The summed E-state index contributed by atoms with van der Waals surface area (Å²) in [5.41, 5.74) is 1.25. The summed E-state index contributed by atoms with van der Waals surface area (Å²) in [6.07, 6.45) is 2.14. The van der Waals surface area contributed by atoms with E-state index in [4.69, 9.17) is 4.74 Å². The first-order valence-electron chi connectivity index (χ1n) is 5.23. The smallest absolute Gasteiger partial charge is 0.178 e. The minimum absolute atomic E-state index is 0. The first kappa shape index (κ1) is 15.9. The Balaban J connectivity index is 0.00000128. The number of halogens is 1. The monoisotopic (exact) mass is 299 g/mol. The highest BCUT2D eigenvalue weighted by Gasteiger charge is 2.04. The van der Waals surface area contributed by atoms with Crippen molar-refractivity contribution in [1.29, 1.82) is 0 Å². The van der Waals surface area contributed by atoms with Crippen LogP contribution in [0.2, 0.25) is 0 Å². The molecule has 0 saturated heterocycles. The van der Waals surface area contributed by atoms with Crippen molar-refractivity contribution in [2.75, 3.05) is 6.61 Å². The van der Waals surface area contributed by atoms with Gasteiger partial charge in [-0.2, -0.15) is 0 Å². The molecule has 4 heteroatoms. The first-order chi connectivity index (χ1) is 7.20. The zero-order chi connectivity index (χ0) is 10.8. The number of fused-ring (bicyclic) bond motifs is 1. The topological polar surface area (TPSA) is 44.6 Å². The quantitative estimate of drug-likeness (QED) is 0.626. The maximum Gasteiger partial charge on any atom is 0.178 e. The molecule has 0 bridgehead atoms. The molecule has 17 heavy (non-hydrogen) atoms. The summed E-state index contributed by atoms with van der Waals surface area (Å²) in [6.45, 7) is 4.82. The van der Waals surface area contributed by atoms with Crippen LogP contribution in [0.1, 0.15) is 12.6 Å². The zero-order valence-corrected chi connectivity index (χ0v) is 11.9. The van der Waals surface area contributed by atoms with Gasteiger partial charge in [-0.3, -0.25) is 0 Å². The molecular formula is C13H18BrNO2. The number of hydrogen-bond donors (Lipinski definition) is 0. The number of nitrogens with zero attached hydrogens (tertiary/aromatic N) is 1. The van der Waals surface area contributed by atoms with Crippen LogP contribution in [0.15, 0.2) is 30.5 Å². The summed E-state index contributed by atoms with van der Waals surface area (Å²) < 4.78 is 7.60. The van der Waals surface area contributed by atoms with Crippen molar-refractivity contribution in [3.63, 3.8) is 0 Å². The highest BCUT2D eigenvalue weighted by Crippen LogP contribution is 2.20. The molecule has 94 valence electrons. The van der Waals surface area contributed by atoms with Crippen LogP contribution in [-0.4, -0.2) is 12.1 Å². The van der Waals surface area contributed by atoms with Gasteiger partial charge in [0.2, 0.25) is 0 Å². The number of benzene rings is 1. The maximum atomic E-state index is 5.48. The molecule has 1 heterocycles. The molecule has 2 N–H and O–H groups in total. The van der Waals surface area contributed by atoms with E-state index >= 15 is 0 Å². The number of hydrogen-bond acceptors (Lipinski definition) is 1. The molecule has 0 atom stereocenters. The van der Waals surface area contributed by atoms with Crippen LogP contribution >= 0.6 is 0 Å². The predicted molar refractivity (Wildman–Crippen MR) is 64.6 cm³/mol. The Morgan fingerprint density at radius 2 is 1.88 bits per heavy atom. The standard InChI is InChI=1S/C13H16NO.BrH.H2O/c1-4-15-13-6-5-11-9-14(3)10(2)7-12(11)8-13;;/h5-9H,4H2,1-3H3;1H;1H2/q+1;;/p-1. The van der Waals surface area contributed by atoms with Crippen LogP contribution in [0, 0.1) is 6.92 Å². The molecule has 0 radical (unpaired) electrons. The fraction of sp³-hybridized carbons (Fsp3) is 0.308. The van der Waals surface area contributed by atoms with E-state index in [0.29, 0.717) is 6.61 Å². The average Bonchev–Trinajstić information content (AvgIpc) is 2.21. The SMILES string of the molecule is CCOc1ccc2c[n+](C)c(C)cc2c1.O.[Br-]. The summed E-state index contributed by atoms with van der Waals surface area (Å²) in [7, 11) is 2.06. The van der Waals surface area contributed by atoms with Crippen LogP contribution in [0.3, 0.4) is 0 Å². The average molecular weight is 300 g/mol. The fourth-order valence-corrected chi connectivity index (χ4v) is 1.69. The van der Waals surface area contributed by atoms with Gasteiger partial charge in [-0.1, -0.05) is 0 Å². The predicted octanol–water partition coefficient (Wildman–Crippen LogP) is -1.45. The van der Waals surface area contributed by atoms with Gasteiger partial charge in [-0.05, 0) is 30.5 Å². The van der Waals surface area contributed by atoms with Crippen LogP contribution in [0.5, 0.6) is 5.75 Å². The Morgan fingerprint density at radius 3 is 2.53 bits per heavy atom. The van der Waals surface area contributed by atoms with Crippen molar-refractivity contribution in [1.82, 2.24) is 0 Å². The minimum atomic E-state index is 0. The molecule has 3 nitrogen and oxygen atoms in total. The third-order valence-corrected chi connectivity index (χ3v) is 2.62. The molecule has 0 saturated carbocycles. The molecule has 1 aromatic carbocycles. The second kappa shape index (κ2) is 6.57. The first-order valence-corrected chi connectivity index (χ1v) is 5.23. The van der Waals surface area contributed by atoms with Crippen molar-refractivity contribution in [3.8, 4) is 5.75 Å². The van der Waals surface area contributed by atoms with Crippen molar-refractivity contribution in [2.24, 2.45) is 7.05 Å². The van der Waals surface area contributed by atoms with E-state index in [2.05, 4.69) is 42.9 Å². The molecule has 2 rings (SSSR count). The van der Waals surface area contributed by atoms with Crippen molar-refractivity contribution >= 4 is 10.8 Å². The molecule has 1 aromatic heterocycles. The van der Waals surface area contributed by atoms with Gasteiger partial charge in [0.15, 0.2) is 11.9 Å². The van der Waals surface area contributed by atoms with Gasteiger partial charge in [0.25, 0.3) is 0 Å². The molecule has 0 fully saturated rings. The molecule has 0 unspecified atom stereocenters. The number of rotatable bonds is 2. The van der Waals surface area contributed by atoms with Crippen LogP contribution in [0.25, 0.3) is 10.8 Å². The van der Waals surface area contributed by atoms with E-state index in [1.807, 2.05) is 13.0 Å². The summed E-state index contributed by atoms with van der Waals surface area (Å²) in [4.78, 5) is 0. The van der Waals surface area contributed by atoms with Crippen molar-refractivity contribution in [2.45, 2.75) is 13.8 Å². The van der Waals surface area contributed by atoms with E-state index in [-0.39, 0.29) is 22.5 Å². The van der Waals surface area contributed by atoms with Gasteiger partial charge in [-0.15, -0.1) is 0 Å². The van der Waals surface area contributed by atoms with E-state index in [0.717, 1.165) is 5.75 Å². The molecule has 0 aliphatic carbocycles. The third kappa shape index (κ3) is 3.41. The lowest BCUT2D eigenvalue weighted by molar-refractivity contribution is -0.676. The molecule has 0 aliphatic heterocycles. The Labute approximate surface area is 112 Å². The second-order valence-electron chi connectivity index (χ2n) is 3.75. The molecule has 2 aromatic rings. The van der Waals surface area contributed by atoms with Gasteiger partial charge in [0.1, 0.15) is 12.8 Å². The highest BCUT2D eigenvalue weighted by molar-refractivity contribution is 5.82. The third-order valence-electron chi connectivity index (χ3n) is 2.62. The minimum Gasteiger partial charge on any atom is -1.00 e. The summed E-state index contributed by atoms with van der Waals surface area (Å²) in [6, 6.07) is 8.38. The van der Waals surface area contributed by atoms with Gasteiger partial charge < -0.3 is 27.2 Å². The number of pyridine rings is 1. The van der Waals surface area contributed by atoms with Crippen molar-refractivity contribution in [3.05, 3.63) is 36.2 Å². The molecule has 0 amide bonds. The van der Waals surface area contributed by atoms with Gasteiger partial charge in [0.05, 0.1) is 6.61 Å². The van der Waals surface area contributed by atoms with Crippen LogP contribution in [-0.2, 0) is 7.05 Å². The number of ether oxygens (including phenoxy) is 1. The fourth-order valence-electron chi connectivity index (χ4n) is 1.69. The largest absolute Gasteiger partial charge is 1.00 e. The number of aromatic nitrogens is 1. The molecule has 0 spiro atoms. The maximum absolute atomic E-state index is 5.48. The van der Waals surface area contributed by atoms with Gasteiger partial charge in [0, 0.05) is 18.4 Å². The summed E-state index contributed by atoms with van der Waals surface area (Å²) >= 11 is 0. The highest BCUT2D eigenvalue weighted by atomic mass is 79.9. The summed E-state index contributed by atoms with van der Waals surface area (Å²) in [5.74, 6) is 0.943. The van der Waals surface area contributed by atoms with Gasteiger partial charge in [-0.25, -0.2) is 4.57 Å². The van der Waals surface area contributed by atoms with E-state index in [1.54, 1.807) is 0 Å². The Kier molecular flexibility index (Phi) is 6.13. The number of aryl methyl sites for hydroxylation is 2. The summed E-state index contributed by atoms with van der Waals surface area (Å²) in [5, 5.41) is 2.48. The van der Waals surface area contributed by atoms with Crippen LogP contribution < -0.4 is 26.3 Å². The lowest BCUT2D eigenvalue weighted by Gasteiger charge is -2.04. The Bertz CT molecular complexity index is 500. The van der Waals surface area contributed by atoms with E-state index in [9.17, 15) is 0 Å². The van der Waals surface area contributed by atoms with Crippen LogP contribution in [0.4, 0.5) is 0 Å². The molecule has 0 aliphatic rings. The second-order valence-corrected chi connectivity index (χ2v) is 3.75. The Morgan fingerprint density at radius 1 is 1.18 bits per heavy atom. The molecular weight excluding hydrogens is 282 g/mol.